The summed E-state index contributed by atoms with van der Waals surface area (Å²) in [5.41, 5.74) is 0.958. The van der Waals surface area contributed by atoms with Crippen molar-refractivity contribution in [3.8, 4) is 0 Å². The van der Waals surface area contributed by atoms with Crippen LogP contribution in [0.15, 0.2) is 30.6 Å². The van der Waals surface area contributed by atoms with Crippen LogP contribution in [0, 0.1) is 10.1 Å². The first-order valence-corrected chi connectivity index (χ1v) is 7.85. The molecular formula is C16H19N5O3. The van der Waals surface area contributed by atoms with Gasteiger partial charge >= 0.3 is 0 Å². The molecule has 0 spiro atoms. The minimum Gasteiger partial charge on any atom is -0.370 e. The predicted molar refractivity (Wildman–Crippen MR) is 89.3 cm³/mol. The Morgan fingerprint density at radius 1 is 1.50 bits per heavy atom. The molecule has 0 saturated carbocycles. The van der Waals surface area contributed by atoms with Crippen molar-refractivity contribution in [2.24, 2.45) is 0 Å². The van der Waals surface area contributed by atoms with Crippen LogP contribution in [-0.2, 0) is 0 Å². The minimum absolute atomic E-state index is 0.0862. The Bertz CT molecular complexity index is 744. The molecule has 0 bridgehead atoms. The van der Waals surface area contributed by atoms with Crippen LogP contribution in [-0.4, -0.2) is 40.9 Å². The number of carbonyl (C=O) groups excluding carboxylic acids is 1. The number of aromatic nitrogens is 2. The van der Waals surface area contributed by atoms with E-state index in [9.17, 15) is 14.9 Å². The number of benzene rings is 1. The lowest BCUT2D eigenvalue weighted by atomic mass is 9.96. The summed E-state index contributed by atoms with van der Waals surface area (Å²) in [6, 6.07) is 4.44. The van der Waals surface area contributed by atoms with Gasteiger partial charge in [-0.1, -0.05) is 0 Å². The zero-order chi connectivity index (χ0) is 17.1. The summed E-state index contributed by atoms with van der Waals surface area (Å²) in [6.07, 6.45) is 5.52. The van der Waals surface area contributed by atoms with E-state index >= 15 is 0 Å². The Kier molecular flexibility index (Phi) is 4.45. The van der Waals surface area contributed by atoms with Crippen LogP contribution in [0.5, 0.6) is 0 Å². The van der Waals surface area contributed by atoms with Crippen molar-refractivity contribution in [3.63, 3.8) is 0 Å². The number of nitrogens with one attached hydrogen (secondary N) is 2. The molecule has 1 atom stereocenters. The van der Waals surface area contributed by atoms with Crippen molar-refractivity contribution in [1.82, 2.24) is 15.3 Å². The Labute approximate surface area is 139 Å². The van der Waals surface area contributed by atoms with Crippen molar-refractivity contribution >= 4 is 17.3 Å². The number of hydrogen-bond acceptors (Lipinski definition) is 5. The predicted octanol–water partition coefficient (Wildman–Crippen LogP) is 2.06. The van der Waals surface area contributed by atoms with Gasteiger partial charge in [0.15, 0.2) is 0 Å². The number of non-ortho nitro benzene ring substituents is 1. The lowest BCUT2D eigenvalue weighted by molar-refractivity contribution is -0.384. The second-order valence-electron chi connectivity index (χ2n) is 5.80. The number of piperidine rings is 1. The van der Waals surface area contributed by atoms with Crippen molar-refractivity contribution in [1.29, 1.82) is 0 Å². The number of H-pyrrole nitrogens is 1. The largest absolute Gasteiger partial charge is 0.370 e. The third-order valence-electron chi connectivity index (χ3n) is 4.33. The summed E-state index contributed by atoms with van der Waals surface area (Å²) in [6.45, 7) is 1.52. The average molecular weight is 329 g/mol. The summed E-state index contributed by atoms with van der Waals surface area (Å²) in [5.74, 6) is 0.860. The lowest BCUT2D eigenvalue weighted by Gasteiger charge is -2.34. The van der Waals surface area contributed by atoms with Gasteiger partial charge in [0.1, 0.15) is 5.82 Å². The first-order valence-electron chi connectivity index (χ1n) is 7.85. The Morgan fingerprint density at radius 2 is 2.33 bits per heavy atom. The fraction of sp³-hybridized carbons (Fsp3) is 0.375. The van der Waals surface area contributed by atoms with Crippen LogP contribution in [0.3, 0.4) is 0 Å². The molecule has 1 aromatic carbocycles. The number of imidazole rings is 1. The molecule has 0 aliphatic carbocycles. The van der Waals surface area contributed by atoms with E-state index in [4.69, 9.17) is 0 Å². The maximum Gasteiger partial charge on any atom is 0.270 e. The molecule has 8 nitrogen and oxygen atoms in total. The quantitative estimate of drug-likeness (QED) is 0.660. The number of nitro benzene ring substituents is 1. The molecule has 1 saturated heterocycles. The van der Waals surface area contributed by atoms with Crippen molar-refractivity contribution in [2.45, 2.75) is 18.8 Å². The number of nitro groups is 1. The van der Waals surface area contributed by atoms with Gasteiger partial charge in [-0.05, 0) is 18.9 Å². The second-order valence-corrected chi connectivity index (χ2v) is 5.80. The average Bonchev–Trinajstić information content (AvgIpc) is 3.15. The van der Waals surface area contributed by atoms with Gasteiger partial charge in [-0.25, -0.2) is 4.98 Å². The fourth-order valence-electron chi connectivity index (χ4n) is 3.15. The third kappa shape index (κ3) is 3.08. The molecule has 8 heteroatoms. The SMILES string of the molecule is CNC(=O)c1cc([N+](=O)[O-])ccc1N1CCCC(c2ncc[nH]2)C1. The van der Waals surface area contributed by atoms with E-state index in [2.05, 4.69) is 20.2 Å². The van der Waals surface area contributed by atoms with Crippen LogP contribution < -0.4 is 10.2 Å². The normalized spacial score (nSPS) is 17.5. The monoisotopic (exact) mass is 329 g/mol. The van der Waals surface area contributed by atoms with Crippen molar-refractivity contribution in [2.75, 3.05) is 25.0 Å². The van der Waals surface area contributed by atoms with Gasteiger partial charge in [-0.15, -0.1) is 0 Å². The number of hydrogen-bond donors (Lipinski definition) is 2. The highest BCUT2D eigenvalue weighted by molar-refractivity contribution is 6.00. The zero-order valence-electron chi connectivity index (χ0n) is 13.4. The summed E-state index contributed by atoms with van der Waals surface area (Å²) in [7, 11) is 1.52. The van der Waals surface area contributed by atoms with E-state index < -0.39 is 4.92 Å². The summed E-state index contributed by atoms with van der Waals surface area (Å²) < 4.78 is 0. The highest BCUT2D eigenvalue weighted by Crippen LogP contribution is 2.32. The maximum absolute atomic E-state index is 12.2. The van der Waals surface area contributed by atoms with Crippen LogP contribution in [0.1, 0.15) is 34.9 Å². The number of anilines is 1. The Hall–Kier alpha value is -2.90. The standard InChI is InChI=1S/C16H19N5O3/c1-17-16(22)13-9-12(21(23)24)4-5-14(13)20-8-2-3-11(10-20)15-18-6-7-19-15/h4-7,9,11H,2-3,8,10H2,1H3,(H,17,22)(H,18,19). The third-order valence-corrected chi connectivity index (χ3v) is 4.33. The van der Waals surface area contributed by atoms with Gasteiger partial charge in [-0.3, -0.25) is 14.9 Å². The van der Waals surface area contributed by atoms with Gasteiger partial charge in [0, 0.05) is 50.6 Å². The van der Waals surface area contributed by atoms with Gasteiger partial charge < -0.3 is 15.2 Å². The molecule has 3 rings (SSSR count). The lowest BCUT2D eigenvalue weighted by Crippen LogP contribution is -2.36. The maximum atomic E-state index is 12.2. The zero-order valence-corrected chi connectivity index (χ0v) is 13.4. The van der Waals surface area contributed by atoms with E-state index in [-0.39, 0.29) is 17.5 Å². The highest BCUT2D eigenvalue weighted by atomic mass is 16.6. The summed E-state index contributed by atoms with van der Waals surface area (Å²) >= 11 is 0. The van der Waals surface area contributed by atoms with Gasteiger partial charge in [-0.2, -0.15) is 0 Å². The first kappa shape index (κ1) is 16.0. The minimum atomic E-state index is -0.488. The van der Waals surface area contributed by atoms with Gasteiger partial charge in [0.25, 0.3) is 11.6 Å². The second kappa shape index (κ2) is 6.69. The molecule has 2 N–H and O–H groups in total. The molecule has 24 heavy (non-hydrogen) atoms. The van der Waals surface area contributed by atoms with Gasteiger partial charge in [0.05, 0.1) is 16.2 Å². The number of carbonyl (C=O) groups is 1. The van der Waals surface area contributed by atoms with E-state index in [1.807, 2.05) is 0 Å². The van der Waals surface area contributed by atoms with Crippen molar-refractivity contribution in [3.05, 3.63) is 52.1 Å². The number of rotatable bonds is 4. The summed E-state index contributed by atoms with van der Waals surface area (Å²) in [4.78, 5) is 32.3. The van der Waals surface area contributed by atoms with Crippen LogP contribution in [0.25, 0.3) is 0 Å². The Balaban J connectivity index is 1.92. The molecule has 1 aliphatic heterocycles. The van der Waals surface area contributed by atoms with E-state index in [0.717, 1.165) is 37.4 Å². The molecule has 2 heterocycles. The molecule has 1 aliphatic rings. The van der Waals surface area contributed by atoms with Crippen LogP contribution in [0.4, 0.5) is 11.4 Å². The molecule has 126 valence electrons. The molecule has 1 amide bonds. The van der Waals surface area contributed by atoms with Crippen molar-refractivity contribution < 1.29 is 9.72 Å². The Morgan fingerprint density at radius 3 is 3.00 bits per heavy atom. The van der Waals surface area contributed by atoms with Gasteiger partial charge in [0.2, 0.25) is 0 Å². The topological polar surface area (TPSA) is 104 Å². The first-order chi connectivity index (χ1) is 11.6. The number of nitrogens with zero attached hydrogens (tertiary/aromatic N) is 3. The fourth-order valence-corrected chi connectivity index (χ4v) is 3.15. The van der Waals surface area contributed by atoms with E-state index in [1.165, 1.54) is 19.2 Å². The molecule has 1 unspecified atom stereocenters. The van der Waals surface area contributed by atoms with Crippen LogP contribution >= 0.6 is 0 Å². The smallest absolute Gasteiger partial charge is 0.270 e. The molecular weight excluding hydrogens is 310 g/mol. The molecule has 1 fully saturated rings. The highest BCUT2D eigenvalue weighted by Gasteiger charge is 2.26. The molecule has 1 aromatic heterocycles. The van der Waals surface area contributed by atoms with Crippen LogP contribution in [0.2, 0.25) is 0 Å². The molecule has 2 aromatic rings. The molecule has 0 radical (unpaired) electrons. The summed E-state index contributed by atoms with van der Waals surface area (Å²) in [5, 5.41) is 13.6. The van der Waals surface area contributed by atoms with E-state index in [1.54, 1.807) is 18.5 Å². The van der Waals surface area contributed by atoms with E-state index in [0.29, 0.717) is 5.56 Å². The number of aromatic amines is 1. The number of amides is 1.